The molecule has 3 aromatic rings. The minimum absolute atomic E-state index is 0.0657. The van der Waals surface area contributed by atoms with Crippen molar-refractivity contribution in [2.75, 3.05) is 18.1 Å². The predicted molar refractivity (Wildman–Crippen MR) is 126 cm³/mol. The Morgan fingerprint density at radius 1 is 1.10 bits per heavy atom. The highest BCUT2D eigenvalue weighted by Crippen LogP contribution is 2.39. The Labute approximate surface area is 190 Å². The average Bonchev–Trinajstić information content (AvgIpc) is 3.45. The van der Waals surface area contributed by atoms with Gasteiger partial charge >= 0.3 is 0 Å². The zero-order valence-electron chi connectivity index (χ0n) is 17.0. The van der Waals surface area contributed by atoms with E-state index in [1.807, 2.05) is 59.5 Å². The fourth-order valence-corrected chi connectivity index (χ4v) is 5.38. The number of hydrogen-bond donors (Lipinski definition) is 1. The number of carbonyl (C=O) groups excluding carboxylic acids is 2. The van der Waals surface area contributed by atoms with Crippen molar-refractivity contribution in [2.24, 2.45) is 0 Å². The lowest BCUT2D eigenvalue weighted by Crippen LogP contribution is -2.28. The molecule has 0 aliphatic carbocycles. The van der Waals surface area contributed by atoms with Crippen LogP contribution in [0.5, 0.6) is 0 Å². The summed E-state index contributed by atoms with van der Waals surface area (Å²) >= 11 is 3.40. The van der Waals surface area contributed by atoms with Crippen LogP contribution in [0, 0.1) is 0 Å². The molecular weight excluding hydrogens is 428 g/mol. The van der Waals surface area contributed by atoms with E-state index in [-0.39, 0.29) is 17.2 Å². The van der Waals surface area contributed by atoms with Crippen LogP contribution >= 0.6 is 23.5 Å². The van der Waals surface area contributed by atoms with Gasteiger partial charge in [0.2, 0.25) is 5.91 Å². The maximum absolute atomic E-state index is 12.4. The number of nitrogens with one attached hydrogen (secondary N) is 1. The molecule has 0 spiro atoms. The number of thioether (sulfide) groups is 2. The van der Waals surface area contributed by atoms with Crippen LogP contribution in [0.1, 0.15) is 32.6 Å². The van der Waals surface area contributed by atoms with E-state index in [0.717, 1.165) is 22.8 Å². The molecule has 4 rings (SSSR count). The molecule has 2 amide bonds. The minimum Gasteiger partial charge on any atom is -0.467 e. The second-order valence-electron chi connectivity index (χ2n) is 7.18. The number of benzene rings is 2. The van der Waals surface area contributed by atoms with Gasteiger partial charge in [0.25, 0.3) is 5.91 Å². The first-order valence-corrected chi connectivity index (χ1v) is 12.3. The maximum atomic E-state index is 12.4. The monoisotopic (exact) mass is 452 g/mol. The number of carbonyl (C=O) groups is 2. The van der Waals surface area contributed by atoms with Crippen molar-refractivity contribution in [1.29, 1.82) is 0 Å². The van der Waals surface area contributed by atoms with Crippen LogP contribution in [0.3, 0.4) is 0 Å². The second kappa shape index (κ2) is 10.6. The summed E-state index contributed by atoms with van der Waals surface area (Å²) in [5.74, 6) is 3.05. The van der Waals surface area contributed by atoms with Crippen LogP contribution in [-0.4, -0.2) is 34.8 Å². The molecule has 1 aliphatic heterocycles. The largest absolute Gasteiger partial charge is 0.467 e. The predicted octanol–water partition coefficient (Wildman–Crippen LogP) is 4.72. The third-order valence-electron chi connectivity index (χ3n) is 4.98. The number of rotatable bonds is 9. The normalized spacial score (nSPS) is 15.9. The highest BCUT2D eigenvalue weighted by atomic mass is 32.2. The number of hydrogen-bond acceptors (Lipinski definition) is 5. The number of amides is 2. The van der Waals surface area contributed by atoms with Crippen LogP contribution in [0.2, 0.25) is 0 Å². The Morgan fingerprint density at radius 3 is 2.65 bits per heavy atom. The topological polar surface area (TPSA) is 62.6 Å². The van der Waals surface area contributed by atoms with Gasteiger partial charge in [-0.3, -0.25) is 9.59 Å². The van der Waals surface area contributed by atoms with Gasteiger partial charge < -0.3 is 14.6 Å². The van der Waals surface area contributed by atoms with Crippen molar-refractivity contribution in [2.45, 2.75) is 17.7 Å². The Bertz CT molecular complexity index is 991. The molecule has 0 bridgehead atoms. The molecular formula is C24H24N2O3S2. The molecule has 7 heteroatoms. The van der Waals surface area contributed by atoms with Crippen LogP contribution in [0.15, 0.2) is 77.4 Å². The number of furan rings is 1. The van der Waals surface area contributed by atoms with E-state index in [4.69, 9.17) is 4.42 Å². The molecule has 1 fully saturated rings. The molecule has 0 unspecified atom stereocenters. The molecule has 1 N–H and O–H groups in total. The van der Waals surface area contributed by atoms with Crippen molar-refractivity contribution in [3.05, 3.63) is 95.4 Å². The van der Waals surface area contributed by atoms with E-state index in [2.05, 4.69) is 17.4 Å². The molecule has 1 aromatic heterocycles. The Morgan fingerprint density at radius 2 is 1.90 bits per heavy atom. The molecule has 160 valence electrons. The highest BCUT2D eigenvalue weighted by Gasteiger charge is 2.33. The zero-order chi connectivity index (χ0) is 21.5. The second-order valence-corrected chi connectivity index (χ2v) is 9.35. The van der Waals surface area contributed by atoms with Crippen LogP contribution in [0.4, 0.5) is 0 Å². The van der Waals surface area contributed by atoms with Gasteiger partial charge in [-0.15, -0.1) is 11.8 Å². The van der Waals surface area contributed by atoms with E-state index in [1.54, 1.807) is 29.8 Å². The first-order valence-electron chi connectivity index (χ1n) is 10.1. The first-order chi connectivity index (χ1) is 15.2. The Hall–Kier alpha value is -2.64. The average molecular weight is 453 g/mol. The molecule has 5 nitrogen and oxygen atoms in total. The van der Waals surface area contributed by atoms with E-state index in [9.17, 15) is 9.59 Å². The van der Waals surface area contributed by atoms with Gasteiger partial charge in [0, 0.05) is 23.6 Å². The van der Waals surface area contributed by atoms with Crippen LogP contribution in [-0.2, 0) is 17.1 Å². The van der Waals surface area contributed by atoms with Crippen molar-refractivity contribution < 1.29 is 14.0 Å². The van der Waals surface area contributed by atoms with Crippen LogP contribution in [0.25, 0.3) is 0 Å². The standard InChI is InChI=1S/C24H24N2O3S2/c27-22-17-31-24(26(22)15-21-7-4-13-29-21)20-10-8-19(9-11-20)23(28)25-12-14-30-16-18-5-2-1-3-6-18/h1-11,13,24H,12,14-17H2,(H,25,28)/t24-/m0/s1. The van der Waals surface area contributed by atoms with Gasteiger partial charge in [-0.2, -0.15) is 11.8 Å². The Balaban J connectivity index is 1.27. The van der Waals surface area contributed by atoms with Gasteiger partial charge in [-0.25, -0.2) is 0 Å². The molecule has 2 aromatic carbocycles. The van der Waals surface area contributed by atoms with Crippen molar-refractivity contribution >= 4 is 35.3 Å². The summed E-state index contributed by atoms with van der Waals surface area (Å²) in [5.41, 5.74) is 2.93. The summed E-state index contributed by atoms with van der Waals surface area (Å²) in [5, 5.41) is 2.91. The first kappa shape index (κ1) is 21.6. The van der Waals surface area contributed by atoms with Crippen molar-refractivity contribution in [1.82, 2.24) is 10.2 Å². The quantitative estimate of drug-likeness (QED) is 0.476. The minimum atomic E-state index is -0.0746. The molecule has 1 aliphatic rings. The molecule has 0 saturated carbocycles. The Kier molecular flexibility index (Phi) is 7.38. The van der Waals surface area contributed by atoms with E-state index >= 15 is 0 Å². The van der Waals surface area contributed by atoms with Gasteiger partial charge in [0.1, 0.15) is 11.1 Å². The molecule has 0 radical (unpaired) electrons. The third-order valence-corrected chi connectivity index (χ3v) is 7.26. The van der Waals surface area contributed by atoms with E-state index in [0.29, 0.717) is 24.4 Å². The van der Waals surface area contributed by atoms with E-state index < -0.39 is 0 Å². The molecule has 1 atom stereocenters. The number of nitrogens with zero attached hydrogens (tertiary/aromatic N) is 1. The maximum Gasteiger partial charge on any atom is 0.251 e. The SMILES string of the molecule is O=C(NCCSCc1ccccc1)c1ccc([C@@H]2SCC(=O)N2Cc2ccco2)cc1. The summed E-state index contributed by atoms with van der Waals surface area (Å²) in [6, 6.07) is 21.5. The fraction of sp³-hybridized carbons (Fsp3) is 0.250. The summed E-state index contributed by atoms with van der Waals surface area (Å²) < 4.78 is 5.40. The lowest BCUT2D eigenvalue weighted by atomic mass is 10.1. The van der Waals surface area contributed by atoms with Crippen molar-refractivity contribution in [3.8, 4) is 0 Å². The van der Waals surface area contributed by atoms with Gasteiger partial charge in [-0.1, -0.05) is 42.5 Å². The third kappa shape index (κ3) is 5.74. The summed E-state index contributed by atoms with van der Waals surface area (Å²) in [6.45, 7) is 1.08. The summed E-state index contributed by atoms with van der Waals surface area (Å²) in [7, 11) is 0. The lowest BCUT2D eigenvalue weighted by Gasteiger charge is -2.23. The van der Waals surface area contributed by atoms with Crippen molar-refractivity contribution in [3.63, 3.8) is 0 Å². The highest BCUT2D eigenvalue weighted by molar-refractivity contribution is 8.00. The van der Waals surface area contributed by atoms with Crippen LogP contribution < -0.4 is 5.32 Å². The van der Waals surface area contributed by atoms with Gasteiger partial charge in [-0.05, 0) is 35.4 Å². The summed E-state index contributed by atoms with van der Waals surface area (Å²) in [6.07, 6.45) is 1.62. The fourth-order valence-electron chi connectivity index (χ4n) is 3.37. The lowest BCUT2D eigenvalue weighted by molar-refractivity contribution is -0.128. The van der Waals surface area contributed by atoms with E-state index in [1.165, 1.54) is 5.56 Å². The molecule has 1 saturated heterocycles. The van der Waals surface area contributed by atoms with Gasteiger partial charge in [0.05, 0.1) is 18.6 Å². The molecule has 31 heavy (non-hydrogen) atoms. The molecule has 2 heterocycles. The smallest absolute Gasteiger partial charge is 0.251 e. The summed E-state index contributed by atoms with van der Waals surface area (Å²) in [4.78, 5) is 26.6. The van der Waals surface area contributed by atoms with Gasteiger partial charge in [0.15, 0.2) is 0 Å². The zero-order valence-corrected chi connectivity index (χ0v) is 18.7.